The van der Waals surface area contributed by atoms with E-state index in [9.17, 15) is 0 Å². The van der Waals surface area contributed by atoms with E-state index >= 15 is 0 Å². The van der Waals surface area contributed by atoms with Gasteiger partial charge in [-0.1, -0.05) is 238 Å². The van der Waals surface area contributed by atoms with E-state index in [1.807, 2.05) is 0 Å². The summed E-state index contributed by atoms with van der Waals surface area (Å²) >= 11 is 0. The van der Waals surface area contributed by atoms with Crippen molar-refractivity contribution < 1.29 is 0 Å². The highest BCUT2D eigenvalue weighted by atomic mass is 15.2. The van der Waals surface area contributed by atoms with Gasteiger partial charge in [0, 0.05) is 39.5 Å². The minimum Gasteiger partial charge on any atom is -0.310 e. The van der Waals surface area contributed by atoms with E-state index < -0.39 is 0 Å². The van der Waals surface area contributed by atoms with E-state index in [4.69, 9.17) is 0 Å². The number of hydrogen-bond acceptors (Lipinski definition) is 2. The van der Waals surface area contributed by atoms with Gasteiger partial charge < -0.3 is 9.80 Å². The zero-order valence-electron chi connectivity index (χ0n) is 40.1. The average molecular weight is 911 g/mol. The molecule has 2 nitrogen and oxygen atoms in total. The van der Waals surface area contributed by atoms with E-state index in [0.717, 1.165) is 67.5 Å². The molecular formula is C69H54N2. The molecule has 0 heterocycles. The van der Waals surface area contributed by atoms with E-state index in [1.165, 1.54) is 33.4 Å². The molecule has 0 fully saturated rings. The van der Waals surface area contributed by atoms with E-state index in [-0.39, 0.29) is 5.41 Å². The van der Waals surface area contributed by atoms with Crippen molar-refractivity contribution in [2.45, 2.75) is 19.3 Å². The second-order valence-electron chi connectivity index (χ2n) is 18.6. The van der Waals surface area contributed by atoms with Crippen molar-refractivity contribution in [2.24, 2.45) is 0 Å². The van der Waals surface area contributed by atoms with Crippen LogP contribution in [0, 0.1) is 0 Å². The monoisotopic (exact) mass is 910 g/mol. The standard InChI is InChI=1S/C69H54N2/c1-69(2,61-34-16-7-17-35-61)62-42-40-55(41-43-62)60-48-67(70(63-36-18-30-56(44-63)51-22-8-3-9-23-51)64-37-19-31-57(45-64)52-24-10-4-11-25-52)50-68(49-60)71(65-38-20-32-58(46-65)53-26-12-5-13-27-53)66-39-21-33-59(47-66)54-28-14-6-15-29-54/h3-50H,1-2H3. The second-order valence-corrected chi connectivity index (χ2v) is 18.6. The molecule has 11 aromatic rings. The Labute approximate surface area is 419 Å². The van der Waals surface area contributed by atoms with Crippen LogP contribution < -0.4 is 9.80 Å². The molecule has 2 heteroatoms. The van der Waals surface area contributed by atoms with Crippen LogP contribution in [0.3, 0.4) is 0 Å². The van der Waals surface area contributed by atoms with Crippen LogP contribution >= 0.6 is 0 Å². The largest absolute Gasteiger partial charge is 0.310 e. The maximum Gasteiger partial charge on any atom is 0.0488 e. The number of hydrogen-bond donors (Lipinski definition) is 0. The predicted octanol–water partition coefficient (Wildman–Crippen LogP) is 19.3. The Kier molecular flexibility index (Phi) is 12.5. The Bertz CT molecular complexity index is 3180. The molecule has 11 rings (SSSR count). The number of benzene rings is 11. The Balaban J connectivity index is 1.16. The van der Waals surface area contributed by atoms with Gasteiger partial charge >= 0.3 is 0 Å². The molecule has 0 saturated carbocycles. The highest BCUT2D eigenvalue weighted by molar-refractivity contribution is 5.90. The summed E-state index contributed by atoms with van der Waals surface area (Å²) in [5.74, 6) is 0. The van der Waals surface area contributed by atoms with Gasteiger partial charge in [0.2, 0.25) is 0 Å². The smallest absolute Gasteiger partial charge is 0.0488 e. The number of anilines is 6. The third kappa shape index (κ3) is 9.57. The van der Waals surface area contributed by atoms with Crippen LogP contribution in [0.2, 0.25) is 0 Å². The fourth-order valence-corrected chi connectivity index (χ4v) is 9.84. The third-order valence-corrected chi connectivity index (χ3v) is 13.7. The molecule has 0 amide bonds. The lowest BCUT2D eigenvalue weighted by atomic mass is 9.78. The van der Waals surface area contributed by atoms with Gasteiger partial charge in [-0.25, -0.2) is 0 Å². The highest BCUT2D eigenvalue weighted by Gasteiger charge is 2.24. The lowest BCUT2D eigenvalue weighted by Gasteiger charge is -2.31. The molecule has 0 aromatic heterocycles. The van der Waals surface area contributed by atoms with Gasteiger partial charge in [-0.05, 0) is 133 Å². The van der Waals surface area contributed by atoms with Crippen molar-refractivity contribution in [3.63, 3.8) is 0 Å². The highest BCUT2D eigenvalue weighted by Crippen LogP contribution is 2.46. The molecule has 0 radical (unpaired) electrons. The normalized spacial score (nSPS) is 11.2. The van der Waals surface area contributed by atoms with Crippen LogP contribution in [0.25, 0.3) is 55.6 Å². The maximum atomic E-state index is 2.43. The SMILES string of the molecule is CC(C)(c1ccccc1)c1ccc(-c2cc(N(c3cccc(-c4ccccc4)c3)c3cccc(-c4ccccc4)c3)cc(N(c3cccc(-c4ccccc4)c3)c3cccc(-c4ccccc4)c3)c2)cc1. The van der Waals surface area contributed by atoms with Crippen molar-refractivity contribution >= 4 is 34.1 Å². The fraction of sp³-hybridized carbons (Fsp3) is 0.0435. The summed E-state index contributed by atoms with van der Waals surface area (Å²) in [5, 5.41) is 0. The zero-order chi connectivity index (χ0) is 48.0. The molecule has 0 spiro atoms. The summed E-state index contributed by atoms with van der Waals surface area (Å²) in [6.07, 6.45) is 0. The minimum atomic E-state index is -0.179. The lowest BCUT2D eigenvalue weighted by molar-refractivity contribution is 0.641. The van der Waals surface area contributed by atoms with Gasteiger partial charge in [0.25, 0.3) is 0 Å². The molecule has 0 bridgehead atoms. The predicted molar refractivity (Wildman–Crippen MR) is 302 cm³/mol. The Morgan fingerprint density at radius 2 is 0.451 bits per heavy atom. The fourth-order valence-electron chi connectivity index (χ4n) is 9.84. The first-order valence-corrected chi connectivity index (χ1v) is 24.5. The molecule has 0 aliphatic carbocycles. The first kappa shape index (κ1) is 44.5. The van der Waals surface area contributed by atoms with Crippen molar-refractivity contribution in [2.75, 3.05) is 9.80 Å². The molecule has 71 heavy (non-hydrogen) atoms. The number of nitrogens with zero attached hydrogens (tertiary/aromatic N) is 2. The van der Waals surface area contributed by atoms with E-state index in [0.29, 0.717) is 0 Å². The average Bonchev–Trinajstić information content (AvgIpc) is 3.45. The molecule has 0 atom stereocenters. The minimum absolute atomic E-state index is 0.179. The molecular weight excluding hydrogens is 857 g/mol. The van der Waals surface area contributed by atoms with Gasteiger partial charge in [-0.3, -0.25) is 0 Å². The van der Waals surface area contributed by atoms with Crippen LogP contribution in [0.5, 0.6) is 0 Å². The molecule has 0 aliphatic rings. The lowest BCUT2D eigenvalue weighted by Crippen LogP contribution is -2.18. The summed E-state index contributed by atoms with van der Waals surface area (Å²) in [4.78, 5) is 4.86. The van der Waals surface area contributed by atoms with Gasteiger partial charge in [0.15, 0.2) is 0 Å². The van der Waals surface area contributed by atoms with Crippen LogP contribution in [0.15, 0.2) is 291 Å². The maximum absolute atomic E-state index is 2.43. The Morgan fingerprint density at radius 1 is 0.197 bits per heavy atom. The van der Waals surface area contributed by atoms with Gasteiger partial charge in [0.1, 0.15) is 0 Å². The third-order valence-electron chi connectivity index (χ3n) is 13.7. The van der Waals surface area contributed by atoms with Crippen molar-refractivity contribution in [3.05, 3.63) is 302 Å². The van der Waals surface area contributed by atoms with Crippen molar-refractivity contribution in [1.82, 2.24) is 0 Å². The van der Waals surface area contributed by atoms with Crippen LogP contribution in [-0.4, -0.2) is 0 Å². The van der Waals surface area contributed by atoms with Crippen LogP contribution in [0.4, 0.5) is 34.1 Å². The summed E-state index contributed by atoms with van der Waals surface area (Å²) in [5.41, 5.74) is 20.2. The van der Waals surface area contributed by atoms with Crippen LogP contribution in [-0.2, 0) is 5.41 Å². The first-order valence-electron chi connectivity index (χ1n) is 24.5. The van der Waals surface area contributed by atoms with Gasteiger partial charge in [0.05, 0.1) is 0 Å². The summed E-state index contributed by atoms with van der Waals surface area (Å²) in [6, 6.07) is 106. The Morgan fingerprint density at radius 3 is 0.775 bits per heavy atom. The van der Waals surface area contributed by atoms with E-state index in [2.05, 4.69) is 315 Å². The van der Waals surface area contributed by atoms with Gasteiger partial charge in [-0.2, -0.15) is 0 Å². The summed E-state index contributed by atoms with van der Waals surface area (Å²) in [7, 11) is 0. The zero-order valence-corrected chi connectivity index (χ0v) is 40.1. The molecule has 340 valence electrons. The molecule has 0 saturated heterocycles. The second kappa shape index (κ2) is 19.9. The first-order chi connectivity index (χ1) is 34.9. The van der Waals surface area contributed by atoms with Gasteiger partial charge in [-0.15, -0.1) is 0 Å². The molecule has 0 unspecified atom stereocenters. The quantitative estimate of drug-likeness (QED) is 0.114. The topological polar surface area (TPSA) is 6.48 Å². The molecule has 0 aliphatic heterocycles. The van der Waals surface area contributed by atoms with Crippen molar-refractivity contribution in [3.8, 4) is 55.6 Å². The van der Waals surface area contributed by atoms with Crippen molar-refractivity contribution in [1.29, 1.82) is 0 Å². The van der Waals surface area contributed by atoms with Crippen LogP contribution in [0.1, 0.15) is 25.0 Å². The molecule has 0 N–H and O–H groups in total. The Hall–Kier alpha value is -8.98. The summed E-state index contributed by atoms with van der Waals surface area (Å²) in [6.45, 7) is 4.62. The van der Waals surface area contributed by atoms with E-state index in [1.54, 1.807) is 0 Å². The molecule has 11 aromatic carbocycles. The summed E-state index contributed by atoms with van der Waals surface area (Å²) < 4.78 is 0. The number of rotatable bonds is 13.